The second-order valence-corrected chi connectivity index (χ2v) is 6.11. The number of piperidine rings is 1. The van der Waals surface area contributed by atoms with Crippen molar-refractivity contribution in [1.29, 1.82) is 0 Å². The summed E-state index contributed by atoms with van der Waals surface area (Å²) in [5.74, 6) is 0.717. The zero-order chi connectivity index (χ0) is 13.4. The quantitative estimate of drug-likeness (QED) is 0.619. The molecule has 0 spiro atoms. The maximum Gasteiger partial charge on any atom is 0.0541 e. The molecule has 0 N–H and O–H groups in total. The topological polar surface area (TPSA) is 3.24 Å². The summed E-state index contributed by atoms with van der Waals surface area (Å²) in [7, 11) is 2.28. The lowest BCUT2D eigenvalue weighted by molar-refractivity contribution is 0.248. The standard InChI is InChI=1S/C18H25N/c1-4-7-17-15-9-6-5-8-14(15)16-11-10-13(2)12-18(16)19(17)3/h7-9,12,16,18H,4-6,10-11H2,1-3H3/b17-7-. The molecule has 1 saturated heterocycles. The summed E-state index contributed by atoms with van der Waals surface area (Å²) in [6, 6.07) is 0.577. The number of hydrogen-bond acceptors (Lipinski definition) is 1. The van der Waals surface area contributed by atoms with Crippen molar-refractivity contribution in [2.45, 2.75) is 52.0 Å². The first-order valence-corrected chi connectivity index (χ1v) is 7.73. The van der Waals surface area contributed by atoms with E-state index in [0.717, 1.165) is 6.42 Å². The first-order chi connectivity index (χ1) is 9.22. The van der Waals surface area contributed by atoms with Gasteiger partial charge in [-0.1, -0.05) is 36.8 Å². The number of likely N-dealkylation sites (tertiary alicyclic amines) is 1. The number of rotatable bonds is 1. The van der Waals surface area contributed by atoms with E-state index in [-0.39, 0.29) is 0 Å². The highest BCUT2D eigenvalue weighted by atomic mass is 15.2. The van der Waals surface area contributed by atoms with E-state index in [1.54, 1.807) is 11.1 Å². The number of hydrogen-bond donors (Lipinski definition) is 0. The molecule has 1 nitrogen and oxygen atoms in total. The highest BCUT2D eigenvalue weighted by Gasteiger charge is 2.38. The molecular weight excluding hydrogens is 230 g/mol. The Labute approximate surface area is 117 Å². The van der Waals surface area contributed by atoms with Gasteiger partial charge in [-0.05, 0) is 50.2 Å². The van der Waals surface area contributed by atoms with Crippen LogP contribution >= 0.6 is 0 Å². The number of fused-ring (bicyclic) bond motifs is 3. The zero-order valence-electron chi connectivity index (χ0n) is 12.4. The molecule has 102 valence electrons. The van der Waals surface area contributed by atoms with Crippen LogP contribution in [-0.2, 0) is 0 Å². The molecule has 1 heteroatoms. The molecule has 0 radical (unpaired) electrons. The predicted molar refractivity (Wildman–Crippen MR) is 81.8 cm³/mol. The third-order valence-electron chi connectivity index (χ3n) is 4.81. The van der Waals surface area contributed by atoms with Crippen molar-refractivity contribution in [2.75, 3.05) is 7.05 Å². The lowest BCUT2D eigenvalue weighted by Crippen LogP contribution is -2.44. The molecule has 1 aliphatic heterocycles. The molecule has 2 unspecified atom stereocenters. The largest absolute Gasteiger partial charge is 0.367 e. The minimum Gasteiger partial charge on any atom is -0.367 e. The van der Waals surface area contributed by atoms with Gasteiger partial charge in [0.25, 0.3) is 0 Å². The number of likely N-dealkylation sites (N-methyl/N-ethyl adjacent to an activating group) is 1. The van der Waals surface area contributed by atoms with Gasteiger partial charge >= 0.3 is 0 Å². The molecular formula is C18H25N. The SMILES string of the molecule is CC/C=C1/C2=CCCC=C2C2CCC(C)=CC2N1C. The van der Waals surface area contributed by atoms with Crippen molar-refractivity contribution in [2.24, 2.45) is 5.92 Å². The van der Waals surface area contributed by atoms with Gasteiger partial charge in [-0.25, -0.2) is 0 Å². The van der Waals surface area contributed by atoms with Crippen LogP contribution in [0.25, 0.3) is 0 Å². The van der Waals surface area contributed by atoms with Gasteiger partial charge in [-0.15, -0.1) is 0 Å². The number of allylic oxidation sites excluding steroid dienone is 5. The smallest absolute Gasteiger partial charge is 0.0541 e. The Kier molecular flexibility index (Phi) is 3.38. The maximum absolute atomic E-state index is 2.52. The van der Waals surface area contributed by atoms with Gasteiger partial charge in [-0.2, -0.15) is 0 Å². The Morgan fingerprint density at radius 1 is 1.32 bits per heavy atom. The highest BCUT2D eigenvalue weighted by molar-refractivity contribution is 5.53. The Balaban J connectivity index is 2.07. The van der Waals surface area contributed by atoms with E-state index < -0.39 is 0 Å². The van der Waals surface area contributed by atoms with Gasteiger partial charge in [0.1, 0.15) is 0 Å². The van der Waals surface area contributed by atoms with Crippen molar-refractivity contribution in [1.82, 2.24) is 4.90 Å². The number of nitrogens with zero attached hydrogens (tertiary/aromatic N) is 1. The molecule has 0 bridgehead atoms. The van der Waals surface area contributed by atoms with Crippen molar-refractivity contribution in [3.63, 3.8) is 0 Å². The lowest BCUT2D eigenvalue weighted by atomic mass is 9.72. The van der Waals surface area contributed by atoms with Crippen LogP contribution in [0, 0.1) is 5.92 Å². The third kappa shape index (κ3) is 2.09. The van der Waals surface area contributed by atoms with Crippen molar-refractivity contribution in [3.05, 3.63) is 46.7 Å². The first kappa shape index (κ1) is 12.8. The highest BCUT2D eigenvalue weighted by Crippen LogP contribution is 2.45. The van der Waals surface area contributed by atoms with E-state index in [1.165, 1.54) is 37.0 Å². The van der Waals surface area contributed by atoms with Crippen molar-refractivity contribution >= 4 is 0 Å². The van der Waals surface area contributed by atoms with E-state index in [4.69, 9.17) is 0 Å². The predicted octanol–water partition coefficient (Wildman–Crippen LogP) is 4.60. The fourth-order valence-corrected chi connectivity index (χ4v) is 3.86. The normalized spacial score (nSPS) is 32.3. The summed E-state index contributed by atoms with van der Waals surface area (Å²) >= 11 is 0. The molecule has 2 atom stereocenters. The van der Waals surface area contributed by atoms with Gasteiger partial charge < -0.3 is 4.90 Å². The summed E-state index contributed by atoms with van der Waals surface area (Å²) in [5, 5.41) is 0. The summed E-state index contributed by atoms with van der Waals surface area (Å²) < 4.78 is 0. The Bertz CT molecular complexity index is 490. The Hall–Kier alpha value is -1.24. The van der Waals surface area contributed by atoms with E-state index in [1.807, 2.05) is 0 Å². The van der Waals surface area contributed by atoms with Gasteiger partial charge in [0.15, 0.2) is 0 Å². The molecule has 0 saturated carbocycles. The molecule has 0 aromatic heterocycles. The maximum atomic E-state index is 2.52. The molecule has 3 rings (SSSR count). The molecule has 0 aromatic rings. The minimum absolute atomic E-state index is 0.577. The molecule has 1 heterocycles. The van der Waals surface area contributed by atoms with Crippen LogP contribution in [0.2, 0.25) is 0 Å². The molecule has 0 aromatic carbocycles. The van der Waals surface area contributed by atoms with Crippen LogP contribution in [0.15, 0.2) is 46.7 Å². The van der Waals surface area contributed by atoms with Gasteiger partial charge in [0, 0.05) is 18.7 Å². The van der Waals surface area contributed by atoms with Crippen molar-refractivity contribution in [3.8, 4) is 0 Å². The van der Waals surface area contributed by atoms with E-state index in [0.29, 0.717) is 12.0 Å². The van der Waals surface area contributed by atoms with E-state index >= 15 is 0 Å². The molecule has 3 aliphatic rings. The van der Waals surface area contributed by atoms with Crippen LogP contribution in [0.1, 0.15) is 46.0 Å². The average molecular weight is 255 g/mol. The minimum atomic E-state index is 0.577. The summed E-state index contributed by atoms with van der Waals surface area (Å²) in [4.78, 5) is 2.52. The second-order valence-electron chi connectivity index (χ2n) is 6.11. The molecule has 2 aliphatic carbocycles. The molecule has 1 fully saturated rings. The van der Waals surface area contributed by atoms with Gasteiger partial charge in [-0.3, -0.25) is 0 Å². The summed E-state index contributed by atoms with van der Waals surface area (Å²) in [6.45, 7) is 4.52. The van der Waals surface area contributed by atoms with Crippen LogP contribution in [-0.4, -0.2) is 18.0 Å². The van der Waals surface area contributed by atoms with Gasteiger partial charge in [0.2, 0.25) is 0 Å². The van der Waals surface area contributed by atoms with Crippen LogP contribution in [0.5, 0.6) is 0 Å². The fraction of sp³-hybridized carbons (Fsp3) is 0.556. The first-order valence-electron chi connectivity index (χ1n) is 7.73. The van der Waals surface area contributed by atoms with Gasteiger partial charge in [0.05, 0.1) is 6.04 Å². The van der Waals surface area contributed by atoms with Crippen LogP contribution < -0.4 is 0 Å². The zero-order valence-corrected chi connectivity index (χ0v) is 12.4. The molecule has 19 heavy (non-hydrogen) atoms. The van der Waals surface area contributed by atoms with E-state index in [9.17, 15) is 0 Å². The van der Waals surface area contributed by atoms with Crippen LogP contribution in [0.3, 0.4) is 0 Å². The second kappa shape index (κ2) is 5.03. The fourth-order valence-electron chi connectivity index (χ4n) is 3.86. The lowest BCUT2D eigenvalue weighted by Gasteiger charge is -2.47. The van der Waals surface area contributed by atoms with Crippen molar-refractivity contribution < 1.29 is 0 Å². The monoisotopic (exact) mass is 255 g/mol. The third-order valence-corrected chi connectivity index (χ3v) is 4.81. The summed E-state index contributed by atoms with van der Waals surface area (Å²) in [5.41, 5.74) is 6.19. The summed E-state index contributed by atoms with van der Waals surface area (Å²) in [6.07, 6.45) is 16.0. The average Bonchev–Trinajstić information content (AvgIpc) is 2.43. The van der Waals surface area contributed by atoms with E-state index in [2.05, 4.69) is 50.1 Å². The Morgan fingerprint density at radius 2 is 2.11 bits per heavy atom. The van der Waals surface area contributed by atoms with Crippen LogP contribution in [0.4, 0.5) is 0 Å². The Morgan fingerprint density at radius 3 is 2.89 bits per heavy atom. The molecule has 0 amide bonds.